The van der Waals surface area contributed by atoms with Crippen LogP contribution in [0.25, 0.3) is 0 Å². The van der Waals surface area contributed by atoms with E-state index in [1.54, 1.807) is 0 Å². The van der Waals surface area contributed by atoms with E-state index in [4.69, 9.17) is 5.73 Å². The third kappa shape index (κ3) is 4.46. The zero-order valence-corrected chi connectivity index (χ0v) is 13.5. The average Bonchev–Trinajstić information content (AvgIpc) is 3.35. The second-order valence-electron chi connectivity index (χ2n) is 5.75. The van der Waals surface area contributed by atoms with E-state index in [-0.39, 0.29) is 0 Å². The molecule has 0 radical (unpaired) electrons. The van der Waals surface area contributed by atoms with E-state index >= 15 is 0 Å². The van der Waals surface area contributed by atoms with Crippen LogP contribution in [-0.2, 0) is 13.1 Å². The Morgan fingerprint density at radius 3 is 2.38 bits per heavy atom. The Bertz CT molecular complexity index is 475. The van der Waals surface area contributed by atoms with Crippen LogP contribution in [0.2, 0.25) is 0 Å². The molecule has 1 aliphatic rings. The SMILES string of the molecule is CCN(CC)Cc1ccccc1CN=C(N)N(C)C1CC1. The lowest BCUT2D eigenvalue weighted by molar-refractivity contribution is 0.295. The summed E-state index contributed by atoms with van der Waals surface area (Å²) in [5, 5.41) is 0. The molecule has 21 heavy (non-hydrogen) atoms. The van der Waals surface area contributed by atoms with Gasteiger partial charge in [0, 0.05) is 19.6 Å². The predicted molar refractivity (Wildman–Crippen MR) is 89.2 cm³/mol. The Labute approximate surface area is 128 Å². The van der Waals surface area contributed by atoms with Crippen molar-refractivity contribution >= 4 is 5.96 Å². The highest BCUT2D eigenvalue weighted by atomic mass is 15.3. The van der Waals surface area contributed by atoms with Crippen molar-refractivity contribution < 1.29 is 0 Å². The Hall–Kier alpha value is -1.55. The first-order valence-electron chi connectivity index (χ1n) is 7.97. The molecule has 2 N–H and O–H groups in total. The normalized spacial score (nSPS) is 15.5. The van der Waals surface area contributed by atoms with Crippen molar-refractivity contribution in [2.24, 2.45) is 10.7 Å². The highest BCUT2D eigenvalue weighted by molar-refractivity contribution is 5.78. The fraction of sp³-hybridized carbons (Fsp3) is 0.588. The number of hydrogen-bond acceptors (Lipinski definition) is 2. The lowest BCUT2D eigenvalue weighted by atomic mass is 10.1. The van der Waals surface area contributed by atoms with Gasteiger partial charge in [-0.15, -0.1) is 0 Å². The van der Waals surface area contributed by atoms with Crippen molar-refractivity contribution in [1.29, 1.82) is 0 Å². The number of nitrogens with two attached hydrogens (primary N) is 1. The first-order valence-corrected chi connectivity index (χ1v) is 7.97. The van der Waals surface area contributed by atoms with E-state index in [0.29, 0.717) is 18.5 Å². The summed E-state index contributed by atoms with van der Waals surface area (Å²) in [5.41, 5.74) is 8.70. The minimum absolute atomic E-state index is 0.611. The summed E-state index contributed by atoms with van der Waals surface area (Å²) in [6.07, 6.45) is 2.48. The summed E-state index contributed by atoms with van der Waals surface area (Å²) in [5.74, 6) is 0.662. The number of benzene rings is 1. The molecule has 116 valence electrons. The maximum Gasteiger partial charge on any atom is 0.191 e. The molecule has 2 rings (SSSR count). The van der Waals surface area contributed by atoms with E-state index in [9.17, 15) is 0 Å². The van der Waals surface area contributed by atoms with E-state index in [2.05, 4.69) is 52.9 Å². The van der Waals surface area contributed by atoms with E-state index in [0.717, 1.165) is 19.6 Å². The van der Waals surface area contributed by atoms with Gasteiger partial charge in [-0.25, -0.2) is 4.99 Å². The molecule has 0 bridgehead atoms. The van der Waals surface area contributed by atoms with Crippen LogP contribution >= 0.6 is 0 Å². The van der Waals surface area contributed by atoms with Gasteiger partial charge < -0.3 is 10.6 Å². The van der Waals surface area contributed by atoms with Gasteiger partial charge in [0.25, 0.3) is 0 Å². The minimum Gasteiger partial charge on any atom is -0.370 e. The van der Waals surface area contributed by atoms with Crippen molar-refractivity contribution in [3.05, 3.63) is 35.4 Å². The molecule has 0 heterocycles. The summed E-state index contributed by atoms with van der Waals surface area (Å²) in [6, 6.07) is 9.15. The number of aliphatic imine (C=N–C) groups is 1. The minimum atomic E-state index is 0.611. The molecular weight excluding hydrogens is 260 g/mol. The fourth-order valence-electron chi connectivity index (χ4n) is 2.48. The second kappa shape index (κ2) is 7.46. The molecule has 4 nitrogen and oxygen atoms in total. The van der Waals surface area contributed by atoms with Crippen LogP contribution in [0.4, 0.5) is 0 Å². The average molecular weight is 288 g/mol. The highest BCUT2D eigenvalue weighted by Gasteiger charge is 2.27. The topological polar surface area (TPSA) is 44.9 Å². The zero-order valence-electron chi connectivity index (χ0n) is 13.5. The van der Waals surface area contributed by atoms with Crippen molar-refractivity contribution in [2.45, 2.75) is 45.8 Å². The van der Waals surface area contributed by atoms with Crippen LogP contribution < -0.4 is 5.73 Å². The van der Waals surface area contributed by atoms with E-state index < -0.39 is 0 Å². The maximum atomic E-state index is 6.08. The van der Waals surface area contributed by atoms with Crippen molar-refractivity contribution in [1.82, 2.24) is 9.80 Å². The number of guanidine groups is 1. The Balaban J connectivity index is 2.03. The van der Waals surface area contributed by atoms with E-state index in [1.165, 1.54) is 24.0 Å². The molecule has 0 unspecified atom stereocenters. The van der Waals surface area contributed by atoms with Gasteiger partial charge >= 0.3 is 0 Å². The lowest BCUT2D eigenvalue weighted by Crippen LogP contribution is -2.35. The predicted octanol–water partition coefficient (Wildman–Crippen LogP) is 2.44. The number of rotatable bonds is 7. The van der Waals surface area contributed by atoms with Crippen LogP contribution in [-0.4, -0.2) is 41.9 Å². The summed E-state index contributed by atoms with van der Waals surface area (Å²) in [6.45, 7) is 8.19. The Morgan fingerprint density at radius 1 is 1.19 bits per heavy atom. The molecule has 1 fully saturated rings. The summed E-state index contributed by atoms with van der Waals surface area (Å²) >= 11 is 0. The molecule has 1 aliphatic carbocycles. The lowest BCUT2D eigenvalue weighted by Gasteiger charge is -2.20. The van der Waals surface area contributed by atoms with Crippen LogP contribution in [0.15, 0.2) is 29.3 Å². The van der Waals surface area contributed by atoms with E-state index in [1.807, 2.05) is 7.05 Å². The van der Waals surface area contributed by atoms with Gasteiger partial charge in [-0.1, -0.05) is 38.1 Å². The first kappa shape index (κ1) is 15.8. The summed E-state index contributed by atoms with van der Waals surface area (Å²) in [4.78, 5) is 9.10. The number of hydrogen-bond donors (Lipinski definition) is 1. The van der Waals surface area contributed by atoms with Crippen LogP contribution in [0.1, 0.15) is 37.8 Å². The number of nitrogens with zero attached hydrogens (tertiary/aromatic N) is 3. The van der Waals surface area contributed by atoms with Crippen LogP contribution in [0, 0.1) is 0 Å². The standard InChI is InChI=1S/C17H28N4/c1-4-21(5-2)13-15-9-7-6-8-14(15)12-19-17(18)20(3)16-10-11-16/h6-9,16H,4-5,10-13H2,1-3H3,(H2,18,19). The van der Waals surface area contributed by atoms with Crippen LogP contribution in [0.3, 0.4) is 0 Å². The van der Waals surface area contributed by atoms with Gasteiger partial charge in [-0.3, -0.25) is 4.90 Å². The van der Waals surface area contributed by atoms with Gasteiger partial charge in [0.15, 0.2) is 5.96 Å². The molecule has 0 atom stereocenters. The van der Waals surface area contributed by atoms with Gasteiger partial charge in [-0.2, -0.15) is 0 Å². The molecular formula is C17H28N4. The fourth-order valence-corrected chi connectivity index (χ4v) is 2.48. The monoisotopic (exact) mass is 288 g/mol. The zero-order chi connectivity index (χ0) is 15.2. The molecule has 1 aromatic rings. The van der Waals surface area contributed by atoms with Crippen molar-refractivity contribution in [2.75, 3.05) is 20.1 Å². The molecule has 0 saturated heterocycles. The second-order valence-corrected chi connectivity index (χ2v) is 5.75. The molecule has 4 heteroatoms. The van der Waals surface area contributed by atoms with Crippen molar-refractivity contribution in [3.63, 3.8) is 0 Å². The van der Waals surface area contributed by atoms with Gasteiger partial charge in [0.1, 0.15) is 0 Å². The highest BCUT2D eigenvalue weighted by Crippen LogP contribution is 2.25. The smallest absolute Gasteiger partial charge is 0.191 e. The summed E-state index contributed by atoms with van der Waals surface area (Å²) < 4.78 is 0. The molecule has 0 aromatic heterocycles. The Morgan fingerprint density at radius 2 is 1.81 bits per heavy atom. The Kier molecular flexibility index (Phi) is 5.62. The summed E-state index contributed by atoms with van der Waals surface area (Å²) in [7, 11) is 2.04. The first-order chi connectivity index (χ1) is 10.2. The van der Waals surface area contributed by atoms with Gasteiger partial charge in [0.05, 0.1) is 6.54 Å². The quantitative estimate of drug-likeness (QED) is 0.619. The van der Waals surface area contributed by atoms with Crippen LogP contribution in [0.5, 0.6) is 0 Å². The molecule has 1 saturated carbocycles. The van der Waals surface area contributed by atoms with Gasteiger partial charge in [-0.05, 0) is 37.1 Å². The molecule has 1 aromatic carbocycles. The van der Waals surface area contributed by atoms with Crippen molar-refractivity contribution in [3.8, 4) is 0 Å². The molecule has 0 aliphatic heterocycles. The maximum absolute atomic E-state index is 6.08. The molecule has 0 spiro atoms. The third-order valence-electron chi connectivity index (χ3n) is 4.27. The third-order valence-corrected chi connectivity index (χ3v) is 4.27. The molecule has 0 amide bonds. The van der Waals surface area contributed by atoms with Gasteiger partial charge in [0.2, 0.25) is 0 Å². The largest absolute Gasteiger partial charge is 0.370 e.